The second-order valence-corrected chi connectivity index (χ2v) is 8.92. The van der Waals surface area contributed by atoms with Crippen LogP contribution in [0.3, 0.4) is 0 Å². The molecule has 1 fully saturated rings. The summed E-state index contributed by atoms with van der Waals surface area (Å²) in [6, 6.07) is 14.4. The Balaban J connectivity index is 1.30. The number of amides is 3. The van der Waals surface area contributed by atoms with Crippen LogP contribution in [0.1, 0.15) is 36.0 Å². The summed E-state index contributed by atoms with van der Waals surface area (Å²) in [5.41, 5.74) is 1.69. The first-order valence-electron chi connectivity index (χ1n) is 10.4. The minimum Gasteiger partial charge on any atom is -0.347 e. The Morgan fingerprint density at radius 3 is 2.21 bits per heavy atom. The van der Waals surface area contributed by atoms with Gasteiger partial charge in [0.2, 0.25) is 0 Å². The maximum atomic E-state index is 13.2. The first-order valence-corrected chi connectivity index (χ1v) is 11.6. The van der Waals surface area contributed by atoms with E-state index in [1.165, 1.54) is 23.5 Å². The van der Waals surface area contributed by atoms with Crippen molar-refractivity contribution < 1.29 is 18.8 Å². The Kier molecular flexibility index (Phi) is 7.05. The number of nitrogens with zero attached hydrogens (tertiary/aromatic N) is 2. The molecular weight excluding hydrogens is 465 g/mol. The fraction of sp³-hybridized carbons (Fsp3) is 0.208. The summed E-state index contributed by atoms with van der Waals surface area (Å²) < 4.78 is 13.2. The molecule has 0 atom stereocenters. The SMILES string of the molecule is O=C(NCc1ccc(C(=O)N2CCN(C(=O)c3ccc(F)cc3Cl)CC2)cc1)c1cccs1. The Hall–Kier alpha value is -3.23. The fourth-order valence-electron chi connectivity index (χ4n) is 3.57. The lowest BCUT2D eigenvalue weighted by Gasteiger charge is -2.35. The molecule has 0 aliphatic carbocycles. The van der Waals surface area contributed by atoms with Crippen LogP contribution in [0.4, 0.5) is 4.39 Å². The predicted molar refractivity (Wildman–Crippen MR) is 125 cm³/mol. The number of piperazine rings is 1. The van der Waals surface area contributed by atoms with Gasteiger partial charge >= 0.3 is 0 Å². The summed E-state index contributed by atoms with van der Waals surface area (Å²) in [6.45, 7) is 1.89. The van der Waals surface area contributed by atoms with E-state index in [1.807, 2.05) is 23.6 Å². The van der Waals surface area contributed by atoms with Crippen LogP contribution in [0, 0.1) is 5.82 Å². The Bertz CT molecular complexity index is 1160. The summed E-state index contributed by atoms with van der Waals surface area (Å²) in [6.07, 6.45) is 0. The second kappa shape index (κ2) is 10.1. The highest BCUT2D eigenvalue weighted by atomic mass is 35.5. The molecule has 0 radical (unpaired) electrons. The predicted octanol–water partition coefficient (Wildman–Crippen LogP) is 4.07. The molecule has 2 aromatic carbocycles. The van der Waals surface area contributed by atoms with Gasteiger partial charge in [-0.05, 0) is 47.3 Å². The molecule has 0 bridgehead atoms. The zero-order valence-electron chi connectivity index (χ0n) is 17.6. The number of thiophene rings is 1. The van der Waals surface area contributed by atoms with Crippen LogP contribution in [-0.4, -0.2) is 53.7 Å². The standard InChI is InChI=1S/C24H21ClFN3O3S/c25-20-14-18(26)7-8-19(20)24(32)29-11-9-28(10-12-29)23(31)17-5-3-16(4-6-17)15-27-22(30)21-2-1-13-33-21/h1-8,13-14H,9-12,15H2,(H,27,30). The third-order valence-corrected chi connectivity index (χ3v) is 6.60. The molecule has 33 heavy (non-hydrogen) atoms. The van der Waals surface area contributed by atoms with E-state index >= 15 is 0 Å². The smallest absolute Gasteiger partial charge is 0.261 e. The molecule has 0 unspecified atom stereocenters. The van der Waals surface area contributed by atoms with Gasteiger partial charge in [-0.3, -0.25) is 14.4 Å². The van der Waals surface area contributed by atoms with E-state index in [0.717, 1.165) is 11.6 Å². The molecule has 1 N–H and O–H groups in total. The van der Waals surface area contributed by atoms with Crippen LogP contribution in [0.5, 0.6) is 0 Å². The molecule has 3 aromatic rings. The lowest BCUT2D eigenvalue weighted by atomic mass is 10.1. The summed E-state index contributed by atoms with van der Waals surface area (Å²) in [4.78, 5) is 41.6. The third kappa shape index (κ3) is 5.40. The molecule has 170 valence electrons. The van der Waals surface area contributed by atoms with E-state index in [9.17, 15) is 18.8 Å². The maximum Gasteiger partial charge on any atom is 0.261 e. The minimum atomic E-state index is -0.497. The first-order chi connectivity index (χ1) is 15.9. The van der Waals surface area contributed by atoms with Gasteiger partial charge in [0.05, 0.1) is 15.5 Å². The average molecular weight is 486 g/mol. The molecule has 1 aliphatic heterocycles. The van der Waals surface area contributed by atoms with Gasteiger partial charge in [0, 0.05) is 38.3 Å². The Morgan fingerprint density at radius 2 is 1.61 bits per heavy atom. The zero-order valence-corrected chi connectivity index (χ0v) is 19.2. The summed E-state index contributed by atoms with van der Waals surface area (Å²) in [7, 11) is 0. The van der Waals surface area contributed by atoms with Crippen molar-refractivity contribution in [3.05, 3.63) is 92.4 Å². The molecule has 0 spiro atoms. The van der Waals surface area contributed by atoms with Gasteiger partial charge < -0.3 is 15.1 Å². The number of carbonyl (C=O) groups is 3. The molecule has 4 rings (SSSR count). The van der Waals surface area contributed by atoms with Crippen LogP contribution >= 0.6 is 22.9 Å². The molecule has 6 nitrogen and oxygen atoms in total. The zero-order chi connectivity index (χ0) is 23.4. The van der Waals surface area contributed by atoms with Crippen LogP contribution in [0.25, 0.3) is 0 Å². The van der Waals surface area contributed by atoms with Gasteiger partial charge in [-0.25, -0.2) is 4.39 Å². The van der Waals surface area contributed by atoms with Gasteiger partial charge in [0.15, 0.2) is 0 Å². The third-order valence-electron chi connectivity index (χ3n) is 5.41. The van der Waals surface area contributed by atoms with Gasteiger partial charge in [0.25, 0.3) is 17.7 Å². The largest absolute Gasteiger partial charge is 0.347 e. The van der Waals surface area contributed by atoms with Gasteiger partial charge in [0.1, 0.15) is 5.82 Å². The normalized spacial score (nSPS) is 13.6. The van der Waals surface area contributed by atoms with Crippen molar-refractivity contribution in [3.8, 4) is 0 Å². The maximum absolute atomic E-state index is 13.2. The van der Waals surface area contributed by atoms with Crippen molar-refractivity contribution in [1.82, 2.24) is 15.1 Å². The van der Waals surface area contributed by atoms with Crippen molar-refractivity contribution in [2.75, 3.05) is 26.2 Å². The van der Waals surface area contributed by atoms with E-state index in [-0.39, 0.29) is 28.3 Å². The number of carbonyl (C=O) groups excluding carboxylic acids is 3. The number of nitrogens with one attached hydrogen (secondary N) is 1. The van der Waals surface area contributed by atoms with E-state index < -0.39 is 5.82 Å². The summed E-state index contributed by atoms with van der Waals surface area (Å²) >= 11 is 7.39. The first kappa shape index (κ1) is 22.9. The molecule has 1 saturated heterocycles. The van der Waals surface area contributed by atoms with Crippen molar-refractivity contribution >= 4 is 40.7 Å². The lowest BCUT2D eigenvalue weighted by molar-refractivity contribution is 0.0535. The number of hydrogen-bond acceptors (Lipinski definition) is 4. The second-order valence-electron chi connectivity index (χ2n) is 7.57. The number of rotatable bonds is 5. The Labute approximate surface area is 199 Å². The van der Waals surface area contributed by atoms with Crippen molar-refractivity contribution in [3.63, 3.8) is 0 Å². The molecule has 2 heterocycles. The van der Waals surface area contributed by atoms with Gasteiger partial charge in [-0.15, -0.1) is 11.3 Å². The molecule has 3 amide bonds. The van der Waals surface area contributed by atoms with Crippen LogP contribution in [0.2, 0.25) is 5.02 Å². The molecule has 9 heteroatoms. The highest BCUT2D eigenvalue weighted by Gasteiger charge is 2.26. The molecule has 1 aromatic heterocycles. The fourth-order valence-corrected chi connectivity index (χ4v) is 4.46. The molecule has 1 aliphatic rings. The minimum absolute atomic E-state index is 0.0742. The van der Waals surface area contributed by atoms with Crippen LogP contribution in [0.15, 0.2) is 60.0 Å². The van der Waals surface area contributed by atoms with Gasteiger partial charge in [-0.2, -0.15) is 0 Å². The van der Waals surface area contributed by atoms with E-state index in [1.54, 1.807) is 28.0 Å². The van der Waals surface area contributed by atoms with E-state index in [4.69, 9.17) is 11.6 Å². The van der Waals surface area contributed by atoms with E-state index in [0.29, 0.717) is 43.2 Å². The van der Waals surface area contributed by atoms with Crippen molar-refractivity contribution in [1.29, 1.82) is 0 Å². The monoisotopic (exact) mass is 485 g/mol. The van der Waals surface area contributed by atoms with Crippen LogP contribution < -0.4 is 5.32 Å². The summed E-state index contributed by atoms with van der Waals surface area (Å²) in [5.74, 6) is -1.01. The summed E-state index contributed by atoms with van der Waals surface area (Å²) in [5, 5.41) is 4.78. The quantitative estimate of drug-likeness (QED) is 0.592. The highest BCUT2D eigenvalue weighted by Crippen LogP contribution is 2.20. The van der Waals surface area contributed by atoms with Crippen molar-refractivity contribution in [2.24, 2.45) is 0 Å². The molecule has 0 saturated carbocycles. The molecular formula is C24H21ClFN3O3S. The van der Waals surface area contributed by atoms with Crippen molar-refractivity contribution in [2.45, 2.75) is 6.54 Å². The number of hydrogen-bond donors (Lipinski definition) is 1. The number of benzene rings is 2. The highest BCUT2D eigenvalue weighted by molar-refractivity contribution is 7.12. The van der Waals surface area contributed by atoms with Gasteiger partial charge in [-0.1, -0.05) is 29.8 Å². The average Bonchev–Trinajstić information content (AvgIpc) is 3.37. The topological polar surface area (TPSA) is 69.7 Å². The van der Waals surface area contributed by atoms with E-state index in [2.05, 4.69) is 5.32 Å². The Morgan fingerprint density at radius 1 is 0.939 bits per heavy atom. The number of halogens is 2. The lowest BCUT2D eigenvalue weighted by Crippen LogP contribution is -2.50. The van der Waals surface area contributed by atoms with Crippen LogP contribution in [-0.2, 0) is 6.54 Å².